The molecule has 2 aliphatic rings. The molecule has 12 heteroatoms. The maximum Gasteiger partial charge on any atom is 0.316 e. The van der Waals surface area contributed by atoms with Crippen LogP contribution in [0.5, 0.6) is 11.5 Å². The molecule has 10 nitrogen and oxygen atoms in total. The number of carbonyl (C=O) groups excluding carboxylic acids is 2. The average molecular weight is 737 g/mol. The Labute approximate surface area is 309 Å². The Balaban J connectivity index is 1.29. The molecule has 6 rings (SSSR count). The minimum absolute atomic E-state index is 0.115. The zero-order valence-corrected chi connectivity index (χ0v) is 31.1. The molecule has 2 aliphatic heterocycles. The van der Waals surface area contributed by atoms with Crippen LogP contribution in [-0.4, -0.2) is 67.0 Å². The Morgan fingerprint density at radius 2 is 1.57 bits per heavy atom. The van der Waals surface area contributed by atoms with Gasteiger partial charge in [-0.1, -0.05) is 35.3 Å². The number of aromatic nitrogens is 2. The molecule has 270 valence electrons. The molecule has 0 bridgehead atoms. The zero-order valence-electron chi connectivity index (χ0n) is 29.6. The number of anilines is 1. The molecule has 0 aliphatic carbocycles. The van der Waals surface area contributed by atoms with Gasteiger partial charge in [0.25, 0.3) is 5.82 Å². The number of ether oxygens (including phenoxy) is 4. The summed E-state index contributed by atoms with van der Waals surface area (Å²) in [4.78, 5) is 28.4. The zero-order chi connectivity index (χ0) is 36.1. The first kappa shape index (κ1) is 36.7. The van der Waals surface area contributed by atoms with E-state index < -0.39 is 11.7 Å². The molecule has 2 fully saturated rings. The van der Waals surface area contributed by atoms with Crippen molar-refractivity contribution in [2.24, 2.45) is 5.41 Å². The van der Waals surface area contributed by atoms with Crippen LogP contribution in [0.4, 0.5) is 5.69 Å². The molecular formula is C39H45Cl2N4O6+. The van der Waals surface area contributed by atoms with Gasteiger partial charge in [0.05, 0.1) is 29.2 Å². The van der Waals surface area contributed by atoms with E-state index in [2.05, 4.69) is 32.4 Å². The van der Waals surface area contributed by atoms with Crippen molar-refractivity contribution in [3.8, 4) is 22.9 Å². The van der Waals surface area contributed by atoms with Gasteiger partial charge in [-0.15, -0.1) is 0 Å². The molecule has 0 saturated carbocycles. The van der Waals surface area contributed by atoms with Crippen molar-refractivity contribution >= 4 is 40.8 Å². The van der Waals surface area contributed by atoms with E-state index in [0.29, 0.717) is 55.2 Å². The molecule has 3 heterocycles. The van der Waals surface area contributed by atoms with Gasteiger partial charge in [0, 0.05) is 43.8 Å². The Bertz CT molecular complexity index is 1820. The summed E-state index contributed by atoms with van der Waals surface area (Å²) in [5.74, 6) is 1.89. The highest BCUT2D eigenvalue weighted by Crippen LogP contribution is 2.31. The van der Waals surface area contributed by atoms with Gasteiger partial charge in [-0.05, 0) is 87.4 Å². The quantitative estimate of drug-likeness (QED) is 0.101. The average Bonchev–Trinajstić information content (AvgIpc) is 3.44. The number of amides is 1. The SMILES string of the molecule is CC(=O)N1CCN(c2ccc(OCc3c[n+](Cc4ccc(OC(=O)C(C)(C)C)cc4)c(-c4ccc(Cl)cc4Cl)n3CC3OCCCO3)cc2)CC1. The lowest BCUT2D eigenvalue weighted by Crippen LogP contribution is -2.48. The van der Waals surface area contributed by atoms with Crippen LogP contribution in [-0.2, 0) is 38.8 Å². The maximum atomic E-state index is 12.5. The number of carbonyl (C=O) groups is 2. The van der Waals surface area contributed by atoms with Crippen molar-refractivity contribution in [2.45, 2.75) is 60.1 Å². The smallest absolute Gasteiger partial charge is 0.316 e. The van der Waals surface area contributed by atoms with E-state index in [1.807, 2.05) is 74.2 Å². The van der Waals surface area contributed by atoms with Crippen LogP contribution in [0.1, 0.15) is 45.4 Å². The monoisotopic (exact) mass is 735 g/mol. The summed E-state index contributed by atoms with van der Waals surface area (Å²) in [6, 6.07) is 21.1. The topological polar surface area (TPSA) is 86.4 Å². The fraction of sp³-hybridized carbons (Fsp3) is 0.410. The number of rotatable bonds is 10. The van der Waals surface area contributed by atoms with Gasteiger partial charge in [0.15, 0.2) is 18.6 Å². The van der Waals surface area contributed by atoms with Crippen LogP contribution in [0.25, 0.3) is 11.4 Å². The van der Waals surface area contributed by atoms with Crippen molar-refractivity contribution in [1.82, 2.24) is 9.47 Å². The van der Waals surface area contributed by atoms with Crippen LogP contribution in [0.15, 0.2) is 72.9 Å². The summed E-state index contributed by atoms with van der Waals surface area (Å²) in [6.45, 7) is 12.6. The van der Waals surface area contributed by atoms with Gasteiger partial charge in [-0.3, -0.25) is 9.59 Å². The molecule has 0 atom stereocenters. The van der Waals surface area contributed by atoms with Crippen LogP contribution in [0.3, 0.4) is 0 Å². The number of piperazine rings is 1. The summed E-state index contributed by atoms with van der Waals surface area (Å²) < 4.78 is 28.3. The first-order valence-electron chi connectivity index (χ1n) is 17.3. The third-order valence-electron chi connectivity index (χ3n) is 8.99. The summed E-state index contributed by atoms with van der Waals surface area (Å²) in [5, 5.41) is 1.05. The highest BCUT2D eigenvalue weighted by molar-refractivity contribution is 6.36. The standard InChI is InChI=1S/C39H45Cl2N4O6/c1-27(46)42-16-18-43(19-17-42)30-9-13-32(14-10-30)50-26-31-24-44(23-28-6-11-33(12-7-28)51-38(47)39(2,3)4)37(34-15-8-29(40)22-35(34)41)45(31)25-36-48-20-5-21-49-36/h6-15,22,24,36H,5,16-21,23,25-26H2,1-4H3/q+1. The molecular weight excluding hydrogens is 691 g/mol. The van der Waals surface area contributed by atoms with Crippen molar-refractivity contribution in [2.75, 3.05) is 44.3 Å². The number of imidazole rings is 1. The van der Waals surface area contributed by atoms with Crippen molar-refractivity contribution in [1.29, 1.82) is 0 Å². The third-order valence-corrected chi connectivity index (χ3v) is 9.54. The van der Waals surface area contributed by atoms with Gasteiger partial charge >= 0.3 is 5.97 Å². The number of hydrogen-bond donors (Lipinski definition) is 0. The van der Waals surface area contributed by atoms with Gasteiger partial charge < -0.3 is 28.7 Å². The lowest BCUT2D eigenvalue weighted by Gasteiger charge is -2.35. The highest BCUT2D eigenvalue weighted by atomic mass is 35.5. The minimum atomic E-state index is -0.608. The highest BCUT2D eigenvalue weighted by Gasteiger charge is 2.31. The lowest BCUT2D eigenvalue weighted by molar-refractivity contribution is -0.677. The van der Waals surface area contributed by atoms with E-state index in [1.54, 1.807) is 13.0 Å². The number of hydrogen-bond acceptors (Lipinski definition) is 7. The third kappa shape index (κ3) is 9.23. The van der Waals surface area contributed by atoms with E-state index in [0.717, 1.165) is 53.6 Å². The van der Waals surface area contributed by atoms with Crippen LogP contribution in [0.2, 0.25) is 10.0 Å². The fourth-order valence-electron chi connectivity index (χ4n) is 6.11. The predicted molar refractivity (Wildman–Crippen MR) is 196 cm³/mol. The van der Waals surface area contributed by atoms with Crippen molar-refractivity contribution in [3.63, 3.8) is 0 Å². The summed E-state index contributed by atoms with van der Waals surface area (Å²) in [5.41, 5.74) is 3.18. The summed E-state index contributed by atoms with van der Waals surface area (Å²) >= 11 is 13.2. The van der Waals surface area contributed by atoms with Gasteiger partial charge in [0.1, 0.15) is 30.8 Å². The first-order chi connectivity index (χ1) is 24.4. The van der Waals surface area contributed by atoms with Crippen LogP contribution >= 0.6 is 23.2 Å². The van der Waals surface area contributed by atoms with E-state index >= 15 is 0 Å². The van der Waals surface area contributed by atoms with Gasteiger partial charge in [0.2, 0.25) is 5.91 Å². The molecule has 0 radical (unpaired) electrons. The van der Waals surface area contributed by atoms with Crippen LogP contribution < -0.4 is 18.9 Å². The van der Waals surface area contributed by atoms with E-state index in [1.165, 1.54) is 0 Å². The van der Waals surface area contributed by atoms with Crippen LogP contribution in [0, 0.1) is 5.41 Å². The Hall–Kier alpha value is -4.09. The summed E-state index contributed by atoms with van der Waals surface area (Å²) in [6.07, 6.45) is 2.47. The number of nitrogens with zero attached hydrogens (tertiary/aromatic N) is 4. The molecule has 51 heavy (non-hydrogen) atoms. The lowest BCUT2D eigenvalue weighted by atomic mass is 9.97. The Kier molecular flexibility index (Phi) is 11.6. The molecule has 2 saturated heterocycles. The molecule has 1 amide bonds. The Morgan fingerprint density at radius 1 is 0.902 bits per heavy atom. The summed E-state index contributed by atoms with van der Waals surface area (Å²) in [7, 11) is 0. The molecule has 3 aromatic carbocycles. The number of benzene rings is 3. The molecule has 0 spiro atoms. The second-order valence-corrected chi connectivity index (χ2v) is 14.7. The predicted octanol–water partition coefficient (Wildman–Crippen LogP) is 6.76. The van der Waals surface area contributed by atoms with E-state index in [-0.39, 0.29) is 18.5 Å². The molecule has 4 aromatic rings. The van der Waals surface area contributed by atoms with Gasteiger partial charge in [-0.2, -0.15) is 0 Å². The second kappa shape index (κ2) is 16.1. The minimum Gasteiger partial charge on any atom is -0.485 e. The fourth-order valence-corrected chi connectivity index (χ4v) is 6.61. The normalized spacial score (nSPS) is 15.6. The van der Waals surface area contributed by atoms with Crippen molar-refractivity contribution in [3.05, 3.63) is 94.2 Å². The largest absolute Gasteiger partial charge is 0.485 e. The maximum absolute atomic E-state index is 12.5. The van der Waals surface area contributed by atoms with E-state index in [4.69, 9.17) is 42.1 Å². The van der Waals surface area contributed by atoms with Crippen molar-refractivity contribution < 1.29 is 33.1 Å². The molecule has 0 N–H and O–H groups in total. The first-order valence-corrected chi connectivity index (χ1v) is 18.1. The second-order valence-electron chi connectivity index (χ2n) is 13.9. The van der Waals surface area contributed by atoms with E-state index in [9.17, 15) is 9.59 Å². The molecule has 0 unspecified atom stereocenters. The molecule has 1 aromatic heterocycles. The van der Waals surface area contributed by atoms with Gasteiger partial charge in [-0.25, -0.2) is 9.13 Å². The number of halogens is 2. The Morgan fingerprint density at radius 3 is 2.20 bits per heavy atom. The number of esters is 1.